The van der Waals surface area contributed by atoms with E-state index in [9.17, 15) is 4.79 Å². The maximum atomic E-state index is 11.3. The molecule has 0 aliphatic rings. The number of benzene rings is 1. The molecule has 3 nitrogen and oxygen atoms in total. The molecule has 1 unspecified atom stereocenters. The summed E-state index contributed by atoms with van der Waals surface area (Å²) < 4.78 is 11.5. The summed E-state index contributed by atoms with van der Waals surface area (Å²) in [6.07, 6.45) is 11.6. The van der Waals surface area contributed by atoms with Gasteiger partial charge in [0, 0.05) is 12.0 Å². The molecule has 128 valence electrons. The highest BCUT2D eigenvalue weighted by atomic mass is 16.7. The van der Waals surface area contributed by atoms with Crippen LogP contribution in [0.15, 0.2) is 36.6 Å². The Morgan fingerprint density at radius 3 is 2.35 bits per heavy atom. The number of ketones is 1. The van der Waals surface area contributed by atoms with Crippen molar-refractivity contribution in [2.45, 2.75) is 72.0 Å². The fraction of sp³-hybridized carbons (Fsp3) is 0.550. The minimum absolute atomic E-state index is 0.0605. The van der Waals surface area contributed by atoms with E-state index >= 15 is 0 Å². The van der Waals surface area contributed by atoms with Crippen LogP contribution in [-0.4, -0.2) is 12.1 Å². The number of Topliss-reactive ketones (excluding diaryl/α,β-unsaturated/α-hetero) is 1. The Morgan fingerprint density at radius 1 is 1.09 bits per heavy atom. The third-order valence-corrected chi connectivity index (χ3v) is 3.69. The predicted octanol–water partition coefficient (Wildman–Crippen LogP) is 5.89. The highest BCUT2D eigenvalue weighted by molar-refractivity contribution is 5.94. The second-order valence-corrected chi connectivity index (χ2v) is 5.79. The fourth-order valence-corrected chi connectivity index (χ4v) is 2.33. The standard InChI is InChI=1S/C20H30O3/c1-4-6-7-8-9-10-11-20(22-16-5-2)23-19-14-12-18(13-15-19)17(3)21/h5,12-16,20H,4,6-11H2,1-3H3/b16-5+. The van der Waals surface area contributed by atoms with Crippen molar-refractivity contribution in [2.24, 2.45) is 0 Å². The summed E-state index contributed by atoms with van der Waals surface area (Å²) in [5.41, 5.74) is 0.694. The van der Waals surface area contributed by atoms with Crippen molar-refractivity contribution in [3.8, 4) is 5.75 Å². The quantitative estimate of drug-likeness (QED) is 0.208. The van der Waals surface area contributed by atoms with Crippen LogP contribution in [0.1, 0.15) is 76.1 Å². The van der Waals surface area contributed by atoms with Crippen LogP contribution in [-0.2, 0) is 4.74 Å². The van der Waals surface area contributed by atoms with Gasteiger partial charge in [-0.3, -0.25) is 4.79 Å². The van der Waals surface area contributed by atoms with Gasteiger partial charge >= 0.3 is 0 Å². The summed E-state index contributed by atoms with van der Waals surface area (Å²) in [7, 11) is 0. The van der Waals surface area contributed by atoms with Crippen LogP contribution in [0.3, 0.4) is 0 Å². The van der Waals surface area contributed by atoms with Crippen molar-refractivity contribution >= 4 is 5.78 Å². The molecule has 0 saturated heterocycles. The first-order valence-corrected chi connectivity index (χ1v) is 8.71. The molecule has 23 heavy (non-hydrogen) atoms. The molecule has 0 radical (unpaired) electrons. The van der Waals surface area contributed by atoms with Gasteiger partial charge in [0.2, 0.25) is 6.29 Å². The maximum Gasteiger partial charge on any atom is 0.240 e. The molecule has 1 aromatic rings. The van der Waals surface area contributed by atoms with Crippen molar-refractivity contribution in [3.05, 3.63) is 42.2 Å². The van der Waals surface area contributed by atoms with Crippen molar-refractivity contribution in [2.75, 3.05) is 0 Å². The number of carbonyl (C=O) groups is 1. The zero-order valence-electron chi connectivity index (χ0n) is 14.7. The molecule has 0 amide bonds. The number of unbranched alkanes of at least 4 members (excludes halogenated alkanes) is 5. The fourth-order valence-electron chi connectivity index (χ4n) is 2.33. The van der Waals surface area contributed by atoms with Gasteiger partial charge in [-0.1, -0.05) is 45.1 Å². The third kappa shape index (κ3) is 8.44. The Bertz CT molecular complexity index is 462. The number of allylic oxidation sites excluding steroid dienone is 1. The van der Waals surface area contributed by atoms with E-state index in [1.807, 2.05) is 25.1 Å². The van der Waals surface area contributed by atoms with Gasteiger partial charge in [-0.25, -0.2) is 0 Å². The molecular formula is C20H30O3. The van der Waals surface area contributed by atoms with E-state index < -0.39 is 0 Å². The molecule has 0 N–H and O–H groups in total. The number of rotatable bonds is 12. The minimum Gasteiger partial charge on any atom is -0.463 e. The molecule has 1 rings (SSSR count). The highest BCUT2D eigenvalue weighted by Gasteiger charge is 2.10. The van der Waals surface area contributed by atoms with E-state index in [0.717, 1.165) is 18.6 Å². The Balaban J connectivity index is 2.45. The third-order valence-electron chi connectivity index (χ3n) is 3.69. The lowest BCUT2D eigenvalue weighted by molar-refractivity contribution is -0.0365. The van der Waals surface area contributed by atoms with Crippen molar-refractivity contribution in [1.29, 1.82) is 0 Å². The van der Waals surface area contributed by atoms with Crippen LogP contribution >= 0.6 is 0 Å². The van der Waals surface area contributed by atoms with Crippen molar-refractivity contribution in [3.63, 3.8) is 0 Å². The van der Waals surface area contributed by atoms with E-state index in [1.54, 1.807) is 25.3 Å². The first-order chi connectivity index (χ1) is 11.2. The lowest BCUT2D eigenvalue weighted by Gasteiger charge is -2.18. The summed E-state index contributed by atoms with van der Waals surface area (Å²) in [6, 6.07) is 7.22. The van der Waals surface area contributed by atoms with Crippen LogP contribution in [0.4, 0.5) is 0 Å². The van der Waals surface area contributed by atoms with Gasteiger partial charge in [-0.05, 0) is 44.5 Å². The van der Waals surface area contributed by atoms with Gasteiger partial charge in [-0.2, -0.15) is 0 Å². The summed E-state index contributed by atoms with van der Waals surface area (Å²) in [5.74, 6) is 0.792. The normalized spacial score (nSPS) is 12.3. The molecule has 3 heteroatoms. The Labute approximate surface area is 140 Å². The SMILES string of the molecule is C/C=C/OC(CCCCCCCC)Oc1ccc(C(C)=O)cc1. The van der Waals surface area contributed by atoms with Gasteiger partial charge in [-0.15, -0.1) is 0 Å². The first-order valence-electron chi connectivity index (χ1n) is 8.71. The summed E-state index contributed by atoms with van der Waals surface area (Å²) in [4.78, 5) is 11.3. The van der Waals surface area contributed by atoms with Crippen LogP contribution in [0, 0.1) is 0 Å². The monoisotopic (exact) mass is 318 g/mol. The van der Waals surface area contributed by atoms with Crippen molar-refractivity contribution in [1.82, 2.24) is 0 Å². The largest absolute Gasteiger partial charge is 0.463 e. The summed E-state index contributed by atoms with van der Waals surface area (Å²) >= 11 is 0. The van der Waals surface area contributed by atoms with Gasteiger partial charge in [0.05, 0.1) is 6.26 Å². The van der Waals surface area contributed by atoms with Gasteiger partial charge in [0.25, 0.3) is 0 Å². The number of hydrogen-bond donors (Lipinski definition) is 0. The molecule has 0 fully saturated rings. The van der Waals surface area contributed by atoms with Crippen LogP contribution < -0.4 is 4.74 Å². The van der Waals surface area contributed by atoms with Gasteiger partial charge in [0.15, 0.2) is 5.78 Å². The topological polar surface area (TPSA) is 35.5 Å². The molecule has 0 heterocycles. The van der Waals surface area contributed by atoms with Crippen molar-refractivity contribution < 1.29 is 14.3 Å². The summed E-state index contributed by atoms with van der Waals surface area (Å²) in [6.45, 7) is 5.71. The summed E-state index contributed by atoms with van der Waals surface area (Å²) in [5, 5.41) is 0. The van der Waals surface area contributed by atoms with Crippen LogP contribution in [0.25, 0.3) is 0 Å². The zero-order valence-corrected chi connectivity index (χ0v) is 14.7. The number of hydrogen-bond acceptors (Lipinski definition) is 3. The van der Waals surface area contributed by atoms with E-state index in [1.165, 1.54) is 32.1 Å². The molecule has 0 aliphatic heterocycles. The van der Waals surface area contributed by atoms with E-state index in [-0.39, 0.29) is 12.1 Å². The second kappa shape index (κ2) is 11.8. The minimum atomic E-state index is -0.277. The molecule has 0 aliphatic carbocycles. The molecule has 1 atom stereocenters. The highest BCUT2D eigenvalue weighted by Crippen LogP contribution is 2.18. The average Bonchev–Trinajstić information content (AvgIpc) is 2.56. The van der Waals surface area contributed by atoms with Crippen LogP contribution in [0.5, 0.6) is 5.75 Å². The average molecular weight is 318 g/mol. The smallest absolute Gasteiger partial charge is 0.240 e. The van der Waals surface area contributed by atoms with Crippen LogP contribution in [0.2, 0.25) is 0 Å². The van der Waals surface area contributed by atoms with Gasteiger partial charge in [0.1, 0.15) is 5.75 Å². The lowest BCUT2D eigenvalue weighted by atomic mass is 10.1. The van der Waals surface area contributed by atoms with E-state index in [4.69, 9.17) is 9.47 Å². The maximum absolute atomic E-state index is 11.3. The zero-order chi connectivity index (χ0) is 16.9. The molecular weight excluding hydrogens is 288 g/mol. The first kappa shape index (κ1) is 19.3. The molecule has 0 bridgehead atoms. The Morgan fingerprint density at radius 2 is 1.74 bits per heavy atom. The Hall–Kier alpha value is -1.77. The lowest BCUT2D eigenvalue weighted by Crippen LogP contribution is -2.18. The van der Waals surface area contributed by atoms with Gasteiger partial charge < -0.3 is 9.47 Å². The predicted molar refractivity (Wildman–Crippen MR) is 94.8 cm³/mol. The second-order valence-electron chi connectivity index (χ2n) is 5.79. The molecule has 0 saturated carbocycles. The van der Waals surface area contributed by atoms with E-state index in [2.05, 4.69) is 6.92 Å². The Kier molecular flexibility index (Phi) is 9.85. The molecule has 0 aromatic heterocycles. The number of carbonyl (C=O) groups excluding carboxylic acids is 1. The van der Waals surface area contributed by atoms with E-state index in [0.29, 0.717) is 5.56 Å². The molecule has 1 aromatic carbocycles. The number of ether oxygens (including phenoxy) is 2. The molecule has 0 spiro atoms.